The van der Waals surface area contributed by atoms with Crippen molar-refractivity contribution >= 4 is 34.7 Å². The Labute approximate surface area is 131 Å². The van der Waals surface area contributed by atoms with Crippen LogP contribution in [0.4, 0.5) is 4.39 Å². The van der Waals surface area contributed by atoms with Crippen LogP contribution in [0.2, 0.25) is 5.02 Å². The summed E-state index contributed by atoms with van der Waals surface area (Å²) in [6, 6.07) is 14.3. The normalized spacial score (nSPS) is 12.0. The number of nitrogens with two attached hydrogens (primary N) is 1. The van der Waals surface area contributed by atoms with Crippen molar-refractivity contribution < 1.29 is 4.39 Å². The van der Waals surface area contributed by atoms with Gasteiger partial charge < -0.3 is 5.73 Å². The number of thioether (sulfide) groups is 1. The molecule has 0 saturated heterocycles. The molecule has 0 bridgehead atoms. The third kappa shape index (κ3) is 5.21. The molecule has 2 N–H and O–H groups in total. The minimum absolute atomic E-state index is 0.0774. The zero-order valence-corrected chi connectivity index (χ0v) is 12.6. The van der Waals surface area contributed by atoms with Gasteiger partial charge in [0.15, 0.2) is 5.17 Å². The van der Waals surface area contributed by atoms with E-state index in [0.29, 0.717) is 10.7 Å². The number of hydrogen-bond donors (Lipinski definition) is 1. The summed E-state index contributed by atoms with van der Waals surface area (Å²) >= 11 is 6.98. The van der Waals surface area contributed by atoms with Crippen molar-refractivity contribution in [3.63, 3.8) is 0 Å². The lowest BCUT2D eigenvalue weighted by Crippen LogP contribution is -2.06. The molecule has 0 fully saturated rings. The van der Waals surface area contributed by atoms with Crippen LogP contribution in [0.25, 0.3) is 0 Å². The Morgan fingerprint density at radius 3 is 2.71 bits per heavy atom. The van der Waals surface area contributed by atoms with Gasteiger partial charge in [-0.05, 0) is 23.3 Å². The summed E-state index contributed by atoms with van der Waals surface area (Å²) in [6.07, 6.45) is 1.43. The molecule has 2 aromatic carbocycles. The Hall–Kier alpha value is -1.85. The summed E-state index contributed by atoms with van der Waals surface area (Å²) in [7, 11) is 0. The molecule has 0 unspecified atom stereocenters. The number of benzene rings is 2. The van der Waals surface area contributed by atoms with E-state index in [2.05, 4.69) is 10.2 Å². The van der Waals surface area contributed by atoms with E-state index in [4.69, 9.17) is 17.3 Å². The van der Waals surface area contributed by atoms with Gasteiger partial charge >= 0.3 is 0 Å². The second-order valence-corrected chi connectivity index (χ2v) is 5.53. The van der Waals surface area contributed by atoms with Crippen molar-refractivity contribution in [1.82, 2.24) is 0 Å². The Morgan fingerprint density at radius 2 is 2.00 bits per heavy atom. The first-order valence-electron chi connectivity index (χ1n) is 6.13. The van der Waals surface area contributed by atoms with E-state index in [1.807, 2.05) is 30.3 Å². The summed E-state index contributed by atoms with van der Waals surface area (Å²) < 4.78 is 13.2. The minimum atomic E-state index is -0.490. The van der Waals surface area contributed by atoms with Crippen molar-refractivity contribution in [3.8, 4) is 0 Å². The van der Waals surface area contributed by atoms with Crippen molar-refractivity contribution in [1.29, 1.82) is 0 Å². The summed E-state index contributed by atoms with van der Waals surface area (Å²) in [4.78, 5) is 0. The van der Waals surface area contributed by atoms with Gasteiger partial charge in [-0.2, -0.15) is 5.10 Å². The molecular formula is C15H13ClFN3S. The molecule has 0 atom stereocenters. The highest BCUT2D eigenvalue weighted by molar-refractivity contribution is 8.13. The van der Waals surface area contributed by atoms with Gasteiger partial charge in [0.05, 0.1) is 11.2 Å². The molecule has 21 heavy (non-hydrogen) atoms. The molecule has 3 nitrogen and oxygen atoms in total. The molecule has 0 aliphatic heterocycles. The summed E-state index contributed by atoms with van der Waals surface area (Å²) in [5.41, 5.74) is 7.47. The van der Waals surface area contributed by atoms with Gasteiger partial charge in [0.1, 0.15) is 5.82 Å². The molecule has 2 aromatic rings. The Kier molecular flexibility index (Phi) is 5.78. The van der Waals surface area contributed by atoms with Crippen LogP contribution in [0.5, 0.6) is 0 Å². The van der Waals surface area contributed by atoms with Crippen LogP contribution in [0, 0.1) is 5.82 Å². The first-order valence-corrected chi connectivity index (χ1v) is 7.50. The first kappa shape index (κ1) is 15.5. The lowest BCUT2D eigenvalue weighted by atomic mass is 10.2. The van der Waals surface area contributed by atoms with E-state index >= 15 is 0 Å². The molecule has 108 valence electrons. The summed E-state index contributed by atoms with van der Waals surface area (Å²) in [5, 5.41) is 8.12. The average molecular weight is 322 g/mol. The fourth-order valence-electron chi connectivity index (χ4n) is 1.51. The largest absolute Gasteiger partial charge is 0.377 e. The van der Waals surface area contributed by atoms with Gasteiger partial charge in [0.25, 0.3) is 0 Å². The lowest BCUT2D eigenvalue weighted by Gasteiger charge is -1.99. The number of hydrogen-bond acceptors (Lipinski definition) is 3. The SMILES string of the molecule is NC(=NN=Cc1ccc(Cl)c(F)c1)SCc1ccccc1. The molecule has 0 radical (unpaired) electrons. The zero-order chi connectivity index (χ0) is 15.1. The van der Waals surface area contributed by atoms with Crippen LogP contribution in [-0.4, -0.2) is 11.4 Å². The highest BCUT2D eigenvalue weighted by atomic mass is 35.5. The zero-order valence-electron chi connectivity index (χ0n) is 11.0. The quantitative estimate of drug-likeness (QED) is 0.524. The third-order valence-electron chi connectivity index (χ3n) is 2.54. The van der Waals surface area contributed by atoms with E-state index in [0.717, 1.165) is 11.3 Å². The lowest BCUT2D eigenvalue weighted by molar-refractivity contribution is 0.628. The van der Waals surface area contributed by atoms with E-state index in [1.165, 1.54) is 30.1 Å². The number of nitrogens with zero attached hydrogens (tertiary/aromatic N) is 2. The smallest absolute Gasteiger partial charge is 0.180 e. The van der Waals surface area contributed by atoms with Gasteiger partial charge in [-0.3, -0.25) is 0 Å². The van der Waals surface area contributed by atoms with Crippen molar-refractivity contribution in [2.75, 3.05) is 0 Å². The van der Waals surface area contributed by atoms with E-state index in [9.17, 15) is 4.39 Å². The Bertz CT molecular complexity index is 659. The second kappa shape index (κ2) is 7.81. The maximum atomic E-state index is 13.2. The molecule has 2 rings (SSSR count). The number of rotatable bonds is 4. The number of amidine groups is 1. The molecule has 0 heterocycles. The predicted molar refractivity (Wildman–Crippen MR) is 88.4 cm³/mol. The second-order valence-electron chi connectivity index (χ2n) is 4.13. The molecule has 0 amide bonds. The molecule has 0 spiro atoms. The van der Waals surface area contributed by atoms with Crippen molar-refractivity contribution in [2.24, 2.45) is 15.9 Å². The van der Waals surface area contributed by atoms with Gasteiger partial charge in [0, 0.05) is 5.75 Å². The van der Waals surface area contributed by atoms with Crippen LogP contribution in [0.1, 0.15) is 11.1 Å². The van der Waals surface area contributed by atoms with Crippen LogP contribution in [-0.2, 0) is 5.75 Å². The van der Waals surface area contributed by atoms with Gasteiger partial charge in [-0.1, -0.05) is 59.8 Å². The number of halogens is 2. The molecular weight excluding hydrogens is 309 g/mol. The molecule has 6 heteroatoms. The van der Waals surface area contributed by atoms with Crippen LogP contribution in [0.15, 0.2) is 58.7 Å². The molecule has 0 aliphatic rings. The Morgan fingerprint density at radius 1 is 1.24 bits per heavy atom. The van der Waals surface area contributed by atoms with E-state index in [1.54, 1.807) is 6.07 Å². The topological polar surface area (TPSA) is 50.7 Å². The molecule has 0 saturated carbocycles. The Balaban J connectivity index is 1.90. The van der Waals surface area contributed by atoms with Crippen LogP contribution >= 0.6 is 23.4 Å². The maximum absolute atomic E-state index is 13.2. The van der Waals surface area contributed by atoms with E-state index < -0.39 is 5.82 Å². The van der Waals surface area contributed by atoms with Gasteiger partial charge in [-0.25, -0.2) is 4.39 Å². The van der Waals surface area contributed by atoms with Crippen molar-refractivity contribution in [3.05, 3.63) is 70.5 Å². The minimum Gasteiger partial charge on any atom is -0.377 e. The maximum Gasteiger partial charge on any atom is 0.180 e. The summed E-state index contributed by atoms with van der Waals surface area (Å²) in [6.45, 7) is 0. The average Bonchev–Trinajstić information content (AvgIpc) is 2.50. The monoisotopic (exact) mass is 321 g/mol. The van der Waals surface area contributed by atoms with Crippen molar-refractivity contribution in [2.45, 2.75) is 5.75 Å². The van der Waals surface area contributed by atoms with E-state index in [-0.39, 0.29) is 5.02 Å². The fraction of sp³-hybridized carbons (Fsp3) is 0.0667. The van der Waals surface area contributed by atoms with Crippen LogP contribution in [0.3, 0.4) is 0 Å². The van der Waals surface area contributed by atoms with Gasteiger partial charge in [0.2, 0.25) is 0 Å². The third-order valence-corrected chi connectivity index (χ3v) is 3.70. The highest BCUT2D eigenvalue weighted by Gasteiger charge is 1.99. The highest BCUT2D eigenvalue weighted by Crippen LogP contribution is 2.15. The molecule has 0 aromatic heterocycles. The fourth-order valence-corrected chi connectivity index (χ4v) is 2.23. The predicted octanol–water partition coefficient (Wildman–Crippen LogP) is 4.06. The summed E-state index contributed by atoms with van der Waals surface area (Å²) in [5.74, 6) is 0.234. The first-order chi connectivity index (χ1) is 10.1. The molecule has 0 aliphatic carbocycles. The standard InChI is InChI=1S/C15H13ClFN3S/c16-13-7-6-12(8-14(13)17)9-19-20-15(18)21-10-11-4-2-1-3-5-11/h1-9H,10H2,(H2,18,20). The van der Waals surface area contributed by atoms with Gasteiger partial charge in [-0.15, -0.1) is 5.10 Å². The van der Waals surface area contributed by atoms with Crippen LogP contribution < -0.4 is 5.73 Å².